The smallest absolute Gasteiger partial charge is 0.303 e. The van der Waals surface area contributed by atoms with E-state index >= 15 is 0 Å². The van der Waals surface area contributed by atoms with Gasteiger partial charge in [0.1, 0.15) is 23.0 Å². The van der Waals surface area contributed by atoms with Crippen LogP contribution in [0.25, 0.3) is 11.0 Å². The van der Waals surface area contributed by atoms with Crippen LogP contribution in [0.3, 0.4) is 0 Å². The van der Waals surface area contributed by atoms with E-state index in [1.807, 2.05) is 0 Å². The van der Waals surface area contributed by atoms with Gasteiger partial charge in [0.15, 0.2) is 24.9 Å². The lowest BCUT2D eigenvalue weighted by Crippen LogP contribution is -2.43. The lowest BCUT2D eigenvalue weighted by atomic mass is 10.1. The number of nitrogens with two attached hydrogens (primary N) is 1. The summed E-state index contributed by atoms with van der Waals surface area (Å²) in [6.45, 7) is 2.85. The van der Waals surface area contributed by atoms with Crippen LogP contribution in [0.5, 0.6) is 0 Å². The number of halogens is 1. The second-order valence-electron chi connectivity index (χ2n) is 9.00. The van der Waals surface area contributed by atoms with Crippen molar-refractivity contribution in [2.75, 3.05) is 25.6 Å². The molecule has 0 aromatic carbocycles. The molecule has 0 radical (unpaired) electrons. The minimum atomic E-state index is -0.788. The highest BCUT2D eigenvalue weighted by molar-refractivity contribution is 6.34. The number of hydrogen-bond donors (Lipinski definition) is 1. The molecule has 35 heavy (non-hydrogen) atoms. The van der Waals surface area contributed by atoms with E-state index in [4.69, 9.17) is 45.8 Å². The van der Waals surface area contributed by atoms with Crippen LogP contribution in [0.1, 0.15) is 51.7 Å². The monoisotopic (exact) mass is 510 g/mol. The number of nitrogens with zero attached hydrogens (tertiary/aromatic N) is 3. The third-order valence-corrected chi connectivity index (χ3v) is 6.72. The van der Waals surface area contributed by atoms with Crippen LogP contribution in [-0.4, -0.2) is 71.2 Å². The number of rotatable bonds is 7. The number of ether oxygens (including phenoxy) is 6. The lowest BCUT2D eigenvalue weighted by molar-refractivity contribution is -0.225. The van der Waals surface area contributed by atoms with Crippen LogP contribution >= 0.6 is 11.6 Å². The molecule has 3 unspecified atom stereocenters. The first-order valence-electron chi connectivity index (χ1n) is 12.1. The highest BCUT2D eigenvalue weighted by atomic mass is 35.5. The number of carbonyl (C=O) groups excluding carboxylic acids is 1. The predicted molar refractivity (Wildman–Crippen MR) is 124 cm³/mol. The molecule has 0 bridgehead atoms. The first-order valence-corrected chi connectivity index (χ1v) is 12.5. The van der Waals surface area contributed by atoms with Crippen molar-refractivity contribution >= 4 is 34.6 Å². The van der Waals surface area contributed by atoms with E-state index in [1.165, 1.54) is 6.92 Å². The van der Waals surface area contributed by atoms with E-state index in [2.05, 4.69) is 9.97 Å². The summed E-state index contributed by atoms with van der Waals surface area (Å²) >= 11 is 6.28. The van der Waals surface area contributed by atoms with E-state index in [0.717, 1.165) is 38.5 Å². The molecule has 3 fully saturated rings. The molecule has 5 rings (SSSR count). The second-order valence-corrected chi connectivity index (χ2v) is 9.36. The third-order valence-electron chi connectivity index (χ3n) is 6.44. The zero-order valence-corrected chi connectivity index (χ0v) is 20.4. The highest BCUT2D eigenvalue weighted by Crippen LogP contribution is 2.38. The summed E-state index contributed by atoms with van der Waals surface area (Å²) in [5.41, 5.74) is 6.32. The van der Waals surface area contributed by atoms with Gasteiger partial charge in [0.05, 0.1) is 12.0 Å². The number of esters is 1. The van der Waals surface area contributed by atoms with Gasteiger partial charge < -0.3 is 38.7 Å². The molecule has 2 aromatic rings. The van der Waals surface area contributed by atoms with Crippen LogP contribution in [-0.2, 0) is 33.2 Å². The van der Waals surface area contributed by atoms with Crippen LogP contribution in [0.4, 0.5) is 5.95 Å². The summed E-state index contributed by atoms with van der Waals surface area (Å²) in [5, 5.41) is 0.834. The van der Waals surface area contributed by atoms with Gasteiger partial charge in [0.2, 0.25) is 5.95 Å². The fourth-order valence-corrected chi connectivity index (χ4v) is 5.04. The molecule has 0 saturated carbocycles. The number of fused-ring (bicyclic) bond motifs is 1. The molecule has 5 heterocycles. The second kappa shape index (κ2) is 10.9. The maximum atomic E-state index is 12.1. The Kier molecular flexibility index (Phi) is 7.71. The van der Waals surface area contributed by atoms with Crippen LogP contribution < -0.4 is 5.73 Å². The van der Waals surface area contributed by atoms with Crippen LogP contribution in [0.2, 0.25) is 5.15 Å². The molecule has 6 atom stereocenters. The van der Waals surface area contributed by atoms with Gasteiger partial charge in [-0.3, -0.25) is 4.79 Å². The molecule has 192 valence electrons. The van der Waals surface area contributed by atoms with Gasteiger partial charge in [-0.2, -0.15) is 4.98 Å². The van der Waals surface area contributed by atoms with E-state index < -0.39 is 36.8 Å². The standard InChI is InChI=1S/C23H31ClN4O7/c1-13(29)33-19-18(35-17-7-3-5-11-31-17)15(12-32-16-6-2-4-10-30-16)34-22(19)28-9-8-14-20(24)26-23(25)27-21(14)28/h8-9,15-19,22H,2-7,10-12H2,1H3,(H2,25,26,27)/t15-,16?,17?,18-,19+,22?/m1/s1. The largest absolute Gasteiger partial charge is 0.455 e. The number of anilines is 1. The Morgan fingerprint density at radius 3 is 2.57 bits per heavy atom. The van der Waals surface area contributed by atoms with Gasteiger partial charge in [-0.25, -0.2) is 4.98 Å². The molecule has 3 saturated heterocycles. The average Bonchev–Trinajstić information content (AvgIpc) is 3.40. The average molecular weight is 511 g/mol. The summed E-state index contributed by atoms with van der Waals surface area (Å²) in [6.07, 6.45) is 3.92. The third kappa shape index (κ3) is 5.55. The highest BCUT2D eigenvalue weighted by Gasteiger charge is 2.50. The molecule has 11 nitrogen and oxygen atoms in total. The molecule has 2 aromatic heterocycles. The summed E-state index contributed by atoms with van der Waals surface area (Å²) in [4.78, 5) is 20.5. The maximum absolute atomic E-state index is 12.1. The van der Waals surface area contributed by atoms with Gasteiger partial charge in [-0.15, -0.1) is 0 Å². The molecule has 12 heteroatoms. The van der Waals surface area contributed by atoms with Crippen molar-refractivity contribution in [3.63, 3.8) is 0 Å². The summed E-state index contributed by atoms with van der Waals surface area (Å²) in [7, 11) is 0. The van der Waals surface area contributed by atoms with Crippen molar-refractivity contribution in [3.8, 4) is 0 Å². The molecule has 0 aliphatic carbocycles. The molecule has 2 N–H and O–H groups in total. The minimum absolute atomic E-state index is 0.0298. The maximum Gasteiger partial charge on any atom is 0.303 e. The first-order chi connectivity index (χ1) is 17.0. The quantitative estimate of drug-likeness (QED) is 0.438. The van der Waals surface area contributed by atoms with Crippen molar-refractivity contribution in [2.45, 2.75) is 82.6 Å². The summed E-state index contributed by atoms with van der Waals surface area (Å²) in [6, 6.07) is 1.77. The van der Waals surface area contributed by atoms with E-state index in [9.17, 15) is 4.79 Å². The summed E-state index contributed by atoms with van der Waals surface area (Å²) in [5.74, 6) is -0.426. The van der Waals surface area contributed by atoms with Gasteiger partial charge in [0, 0.05) is 26.3 Å². The van der Waals surface area contributed by atoms with Crippen molar-refractivity contribution in [1.82, 2.24) is 14.5 Å². The molecule has 0 amide bonds. The molecule has 3 aliphatic rings. The van der Waals surface area contributed by atoms with Gasteiger partial charge in [-0.05, 0) is 44.6 Å². The van der Waals surface area contributed by atoms with Crippen LogP contribution in [0.15, 0.2) is 12.3 Å². The predicted octanol–water partition coefficient (Wildman–Crippen LogP) is 2.95. The van der Waals surface area contributed by atoms with Gasteiger partial charge >= 0.3 is 5.97 Å². The Balaban J connectivity index is 1.45. The first kappa shape index (κ1) is 24.7. The van der Waals surface area contributed by atoms with Crippen molar-refractivity contribution in [1.29, 1.82) is 0 Å². The van der Waals surface area contributed by atoms with Crippen LogP contribution in [0, 0.1) is 0 Å². The minimum Gasteiger partial charge on any atom is -0.455 e. The van der Waals surface area contributed by atoms with Crippen molar-refractivity contribution in [2.24, 2.45) is 0 Å². The topological polar surface area (TPSA) is 129 Å². The van der Waals surface area contributed by atoms with Crippen molar-refractivity contribution < 1.29 is 33.2 Å². The Morgan fingerprint density at radius 1 is 1.14 bits per heavy atom. The number of nitrogen functional groups attached to an aromatic ring is 1. The normalized spacial score (nSPS) is 31.6. The summed E-state index contributed by atoms with van der Waals surface area (Å²) < 4.78 is 37.9. The molecular weight excluding hydrogens is 480 g/mol. The van der Waals surface area contributed by atoms with E-state index in [0.29, 0.717) is 24.2 Å². The number of hydrogen-bond acceptors (Lipinski definition) is 10. The molecule has 0 spiro atoms. The Bertz CT molecular complexity index is 1020. The number of carbonyl (C=O) groups is 1. The van der Waals surface area contributed by atoms with E-state index in [-0.39, 0.29) is 24.0 Å². The Labute approximate surface area is 208 Å². The van der Waals surface area contributed by atoms with Crippen molar-refractivity contribution in [3.05, 3.63) is 17.4 Å². The number of aromatic nitrogens is 3. The lowest BCUT2D eigenvalue weighted by Gasteiger charge is -2.31. The fourth-order valence-electron chi connectivity index (χ4n) is 4.80. The molecule has 3 aliphatic heterocycles. The SMILES string of the molecule is CC(=O)O[C@@H]1C(n2ccc3c(Cl)nc(N)nc32)O[C@H](COC2CCCCO2)[C@H]1OC1CCCCO1. The van der Waals surface area contributed by atoms with E-state index in [1.54, 1.807) is 16.8 Å². The van der Waals surface area contributed by atoms with Gasteiger partial charge in [0.25, 0.3) is 0 Å². The zero-order valence-electron chi connectivity index (χ0n) is 19.6. The Morgan fingerprint density at radius 2 is 1.89 bits per heavy atom. The van der Waals surface area contributed by atoms with Gasteiger partial charge in [-0.1, -0.05) is 11.6 Å². The zero-order chi connectivity index (χ0) is 24.4. The molecular formula is C23H31ClN4O7. The Hall–Kier alpha value is -2.02. The fraction of sp³-hybridized carbons (Fsp3) is 0.696.